The highest BCUT2D eigenvalue weighted by Crippen LogP contribution is 2.25. The minimum Gasteiger partial charge on any atom is -0.508 e. The van der Waals surface area contributed by atoms with Gasteiger partial charge in [-0.1, -0.05) is 0 Å². The Labute approximate surface area is 98.1 Å². The van der Waals surface area contributed by atoms with Gasteiger partial charge in [-0.05, 0) is 17.7 Å². The van der Waals surface area contributed by atoms with Gasteiger partial charge in [0.1, 0.15) is 11.8 Å². The summed E-state index contributed by atoms with van der Waals surface area (Å²) in [6.07, 6.45) is 2.12. The SMILES string of the molecule is Cn1cc(CC(N)C(=O)O)c2ccc(O)cc21. The molecule has 1 unspecified atom stereocenters. The van der Waals surface area contributed by atoms with Gasteiger partial charge in [0.2, 0.25) is 0 Å². The molecule has 0 aliphatic heterocycles. The van der Waals surface area contributed by atoms with Crippen molar-refractivity contribution in [3.8, 4) is 5.75 Å². The molecule has 2 aromatic rings. The lowest BCUT2D eigenvalue weighted by Gasteiger charge is -2.04. The zero-order valence-electron chi connectivity index (χ0n) is 9.42. The predicted molar refractivity (Wildman–Crippen MR) is 63.9 cm³/mol. The van der Waals surface area contributed by atoms with Crippen LogP contribution in [0.5, 0.6) is 5.75 Å². The number of aromatic nitrogens is 1. The van der Waals surface area contributed by atoms with Gasteiger partial charge in [0.15, 0.2) is 0 Å². The van der Waals surface area contributed by atoms with E-state index in [0.29, 0.717) is 0 Å². The molecule has 0 amide bonds. The van der Waals surface area contributed by atoms with E-state index in [0.717, 1.165) is 16.5 Å². The summed E-state index contributed by atoms with van der Waals surface area (Å²) in [7, 11) is 1.84. The molecule has 0 fully saturated rings. The number of aromatic hydroxyl groups is 1. The summed E-state index contributed by atoms with van der Waals surface area (Å²) in [5.41, 5.74) is 7.25. The topological polar surface area (TPSA) is 88.5 Å². The molecule has 1 aromatic heterocycles. The molecule has 90 valence electrons. The number of hydrogen-bond donors (Lipinski definition) is 3. The van der Waals surface area contributed by atoms with Gasteiger partial charge in [0, 0.05) is 31.1 Å². The maximum atomic E-state index is 10.7. The van der Waals surface area contributed by atoms with Gasteiger partial charge in [-0.15, -0.1) is 0 Å². The lowest BCUT2D eigenvalue weighted by Crippen LogP contribution is -2.32. The molecular formula is C12H14N2O3. The number of phenols is 1. The van der Waals surface area contributed by atoms with Gasteiger partial charge < -0.3 is 20.5 Å². The van der Waals surface area contributed by atoms with Crippen molar-refractivity contribution in [3.63, 3.8) is 0 Å². The number of carbonyl (C=O) groups is 1. The number of fused-ring (bicyclic) bond motifs is 1. The third kappa shape index (κ3) is 2.09. The third-order valence-corrected chi connectivity index (χ3v) is 2.81. The molecule has 1 aromatic carbocycles. The summed E-state index contributed by atoms with van der Waals surface area (Å²) in [6, 6.07) is 4.09. The van der Waals surface area contributed by atoms with Crippen LogP contribution in [-0.4, -0.2) is 26.8 Å². The Bertz CT molecular complexity index is 574. The number of phenolic OH excluding ortho intramolecular Hbond substituents is 1. The van der Waals surface area contributed by atoms with Crippen molar-refractivity contribution in [1.82, 2.24) is 4.57 Å². The maximum absolute atomic E-state index is 10.7. The van der Waals surface area contributed by atoms with Crippen molar-refractivity contribution in [2.75, 3.05) is 0 Å². The second-order valence-corrected chi connectivity index (χ2v) is 4.12. The molecule has 0 aliphatic rings. The summed E-state index contributed by atoms with van der Waals surface area (Å²) < 4.78 is 1.85. The fourth-order valence-electron chi connectivity index (χ4n) is 1.94. The molecule has 0 bridgehead atoms. The highest BCUT2D eigenvalue weighted by atomic mass is 16.4. The molecular weight excluding hydrogens is 220 g/mol. The quantitative estimate of drug-likeness (QED) is 0.734. The highest BCUT2D eigenvalue weighted by molar-refractivity contribution is 5.86. The molecule has 5 nitrogen and oxygen atoms in total. The maximum Gasteiger partial charge on any atom is 0.320 e. The highest BCUT2D eigenvalue weighted by Gasteiger charge is 2.15. The number of nitrogens with zero attached hydrogens (tertiary/aromatic N) is 1. The molecule has 0 aliphatic carbocycles. The van der Waals surface area contributed by atoms with Crippen LogP contribution in [0.1, 0.15) is 5.56 Å². The minimum absolute atomic E-state index is 0.188. The number of carboxylic acids is 1. The Balaban J connectivity index is 2.45. The van der Waals surface area contributed by atoms with Crippen molar-refractivity contribution in [2.45, 2.75) is 12.5 Å². The number of aryl methyl sites for hydroxylation is 1. The molecule has 1 atom stereocenters. The average molecular weight is 234 g/mol. The lowest BCUT2D eigenvalue weighted by atomic mass is 10.1. The minimum atomic E-state index is -1.01. The number of benzene rings is 1. The zero-order chi connectivity index (χ0) is 12.6. The molecule has 2 rings (SSSR count). The van der Waals surface area contributed by atoms with E-state index in [2.05, 4.69) is 0 Å². The number of nitrogens with two attached hydrogens (primary N) is 1. The van der Waals surface area contributed by atoms with Gasteiger partial charge in [-0.2, -0.15) is 0 Å². The fraction of sp³-hybridized carbons (Fsp3) is 0.250. The van der Waals surface area contributed by atoms with E-state index in [1.165, 1.54) is 0 Å². The van der Waals surface area contributed by atoms with Crippen LogP contribution in [0.25, 0.3) is 10.9 Å². The van der Waals surface area contributed by atoms with Crippen molar-refractivity contribution >= 4 is 16.9 Å². The second-order valence-electron chi connectivity index (χ2n) is 4.12. The molecule has 5 heteroatoms. The van der Waals surface area contributed by atoms with Gasteiger partial charge in [-0.3, -0.25) is 4.79 Å². The average Bonchev–Trinajstić information content (AvgIpc) is 2.55. The summed E-state index contributed by atoms with van der Waals surface area (Å²) in [6.45, 7) is 0. The van der Waals surface area contributed by atoms with Crippen molar-refractivity contribution in [3.05, 3.63) is 30.0 Å². The van der Waals surface area contributed by atoms with Gasteiger partial charge in [-0.25, -0.2) is 0 Å². The van der Waals surface area contributed by atoms with Crippen LogP contribution < -0.4 is 5.73 Å². The smallest absolute Gasteiger partial charge is 0.320 e. The van der Waals surface area contributed by atoms with Crippen LogP contribution in [0.15, 0.2) is 24.4 Å². The summed E-state index contributed by atoms with van der Waals surface area (Å²) in [5, 5.41) is 19.1. The molecule has 17 heavy (non-hydrogen) atoms. The third-order valence-electron chi connectivity index (χ3n) is 2.81. The Kier molecular flexibility index (Phi) is 2.77. The summed E-state index contributed by atoms with van der Waals surface area (Å²) in [4.78, 5) is 10.7. The number of rotatable bonds is 3. The van der Waals surface area contributed by atoms with E-state index in [4.69, 9.17) is 10.8 Å². The largest absolute Gasteiger partial charge is 0.508 e. The first-order chi connectivity index (χ1) is 7.99. The van der Waals surface area contributed by atoms with Crippen molar-refractivity contribution < 1.29 is 15.0 Å². The monoisotopic (exact) mass is 234 g/mol. The molecule has 0 radical (unpaired) electrons. The zero-order valence-corrected chi connectivity index (χ0v) is 9.42. The Morgan fingerprint density at radius 1 is 1.53 bits per heavy atom. The van der Waals surface area contributed by atoms with Gasteiger partial charge >= 0.3 is 5.97 Å². The predicted octanol–water partition coefficient (Wildman–Crippen LogP) is 0.838. The Hall–Kier alpha value is -2.01. The lowest BCUT2D eigenvalue weighted by molar-refractivity contribution is -0.138. The number of hydrogen-bond acceptors (Lipinski definition) is 3. The molecule has 1 heterocycles. The summed E-state index contributed by atoms with van der Waals surface area (Å²) >= 11 is 0. The first-order valence-electron chi connectivity index (χ1n) is 5.24. The van der Waals surface area contributed by atoms with Crippen LogP contribution in [0.2, 0.25) is 0 Å². The number of carboxylic acid groups (broad SMARTS) is 1. The van der Waals surface area contributed by atoms with Crippen molar-refractivity contribution in [1.29, 1.82) is 0 Å². The van der Waals surface area contributed by atoms with Crippen LogP contribution >= 0.6 is 0 Å². The van der Waals surface area contributed by atoms with Crippen LogP contribution in [0.4, 0.5) is 0 Å². The van der Waals surface area contributed by atoms with Crippen LogP contribution in [0, 0.1) is 0 Å². The Morgan fingerprint density at radius 2 is 2.24 bits per heavy atom. The van der Waals surface area contributed by atoms with Gasteiger partial charge in [0.25, 0.3) is 0 Å². The van der Waals surface area contributed by atoms with E-state index in [1.54, 1.807) is 18.2 Å². The van der Waals surface area contributed by atoms with E-state index in [1.807, 2.05) is 17.8 Å². The Morgan fingerprint density at radius 3 is 2.88 bits per heavy atom. The number of aliphatic carboxylic acids is 1. The first-order valence-corrected chi connectivity index (χ1v) is 5.24. The van der Waals surface area contributed by atoms with Crippen LogP contribution in [-0.2, 0) is 18.3 Å². The van der Waals surface area contributed by atoms with E-state index in [9.17, 15) is 9.90 Å². The van der Waals surface area contributed by atoms with E-state index in [-0.39, 0.29) is 12.2 Å². The standard InChI is InChI=1S/C12H14N2O3/c1-14-6-7(4-10(13)12(16)17)9-3-2-8(15)5-11(9)14/h2-3,5-6,10,15H,4,13H2,1H3,(H,16,17). The first kappa shape index (κ1) is 11.5. The molecule has 0 saturated heterocycles. The van der Waals surface area contributed by atoms with Gasteiger partial charge in [0.05, 0.1) is 5.52 Å². The molecule has 4 N–H and O–H groups in total. The molecule has 0 spiro atoms. The fourth-order valence-corrected chi connectivity index (χ4v) is 1.94. The van der Waals surface area contributed by atoms with Crippen molar-refractivity contribution in [2.24, 2.45) is 12.8 Å². The molecule has 0 saturated carbocycles. The summed E-state index contributed by atoms with van der Waals surface area (Å²) in [5.74, 6) is -0.825. The normalized spacial score (nSPS) is 12.8. The van der Waals surface area contributed by atoms with E-state index < -0.39 is 12.0 Å². The van der Waals surface area contributed by atoms with E-state index >= 15 is 0 Å². The van der Waals surface area contributed by atoms with Crippen LogP contribution in [0.3, 0.4) is 0 Å². The second kappa shape index (κ2) is 4.10.